The summed E-state index contributed by atoms with van der Waals surface area (Å²) in [6.45, 7) is 0. The average molecular weight is 328 g/mol. The Hall–Kier alpha value is -1.31. The van der Waals surface area contributed by atoms with Gasteiger partial charge in [-0.1, -0.05) is 18.2 Å². The van der Waals surface area contributed by atoms with Crippen LogP contribution in [0.4, 0.5) is 0 Å². The maximum Gasteiger partial charge on any atom is 0.182 e. The number of nitrogens with zero attached hydrogens (tertiary/aromatic N) is 4. The lowest BCUT2D eigenvalue weighted by Crippen LogP contribution is -2.07. The van der Waals surface area contributed by atoms with Crippen molar-refractivity contribution in [2.24, 2.45) is 7.05 Å². The molecule has 0 aliphatic rings. The number of carbonyl (C=O) groups excluding carboxylic acids is 1. The van der Waals surface area contributed by atoms with Crippen LogP contribution < -0.4 is 0 Å². The van der Waals surface area contributed by atoms with E-state index in [1.807, 2.05) is 18.2 Å². The number of Topliss-reactive ketones (excluding diaryl/α,β-unsaturated/α-hetero) is 1. The first kappa shape index (κ1) is 11.2. The lowest BCUT2D eigenvalue weighted by atomic mass is 10.1. The molecule has 0 saturated carbocycles. The largest absolute Gasteiger partial charge is 0.294 e. The Kier molecular flexibility index (Phi) is 3.28. The van der Waals surface area contributed by atoms with E-state index in [2.05, 4.69) is 38.0 Å². The van der Waals surface area contributed by atoms with Crippen LogP contribution >= 0.6 is 22.6 Å². The van der Waals surface area contributed by atoms with Gasteiger partial charge in [0.2, 0.25) is 0 Å². The molecule has 0 atom stereocenters. The monoisotopic (exact) mass is 328 g/mol. The Morgan fingerprint density at radius 3 is 2.81 bits per heavy atom. The Labute approximate surface area is 106 Å². The van der Waals surface area contributed by atoms with E-state index in [9.17, 15) is 4.79 Å². The molecule has 0 saturated heterocycles. The highest BCUT2D eigenvalue weighted by Crippen LogP contribution is 2.13. The van der Waals surface area contributed by atoms with Gasteiger partial charge in [0.05, 0.1) is 13.5 Å². The molecule has 1 heterocycles. The zero-order valence-electron chi connectivity index (χ0n) is 8.59. The van der Waals surface area contributed by atoms with Gasteiger partial charge in [0, 0.05) is 9.13 Å². The summed E-state index contributed by atoms with van der Waals surface area (Å²) in [4.78, 5) is 13.3. The third-order valence-corrected chi connectivity index (χ3v) is 2.98. The van der Waals surface area contributed by atoms with Crippen molar-refractivity contribution in [3.63, 3.8) is 0 Å². The van der Waals surface area contributed by atoms with Gasteiger partial charge in [-0.15, -0.1) is 10.2 Å². The number of aryl methyl sites for hydroxylation is 1. The Morgan fingerprint density at radius 2 is 2.19 bits per heavy atom. The van der Waals surface area contributed by atoms with Crippen molar-refractivity contribution in [1.29, 1.82) is 0 Å². The molecular formula is C10H9IN4O. The van der Waals surface area contributed by atoms with E-state index >= 15 is 0 Å². The number of hydrogen-bond donors (Lipinski definition) is 0. The molecule has 5 nitrogen and oxygen atoms in total. The zero-order valence-corrected chi connectivity index (χ0v) is 10.7. The minimum Gasteiger partial charge on any atom is -0.294 e. The normalized spacial score (nSPS) is 10.4. The molecule has 0 aliphatic heterocycles. The second-order valence-corrected chi connectivity index (χ2v) is 4.44. The molecule has 1 aromatic heterocycles. The van der Waals surface area contributed by atoms with E-state index in [1.165, 1.54) is 4.80 Å². The highest BCUT2D eigenvalue weighted by atomic mass is 127. The standard InChI is InChI=1S/C10H9IN4O/c1-15-13-10(12-14-15)6-9(16)7-4-2-3-5-8(7)11/h2-5H,6H2,1H3. The van der Waals surface area contributed by atoms with Gasteiger partial charge in [-0.05, 0) is 33.9 Å². The average Bonchev–Trinajstić information content (AvgIpc) is 2.64. The molecule has 0 fully saturated rings. The van der Waals surface area contributed by atoms with E-state index in [4.69, 9.17) is 0 Å². The summed E-state index contributed by atoms with van der Waals surface area (Å²) in [6.07, 6.45) is 0.188. The van der Waals surface area contributed by atoms with Gasteiger partial charge in [-0.2, -0.15) is 4.80 Å². The number of aromatic nitrogens is 4. The molecule has 0 amide bonds. The van der Waals surface area contributed by atoms with E-state index in [-0.39, 0.29) is 12.2 Å². The first-order chi connectivity index (χ1) is 7.66. The lowest BCUT2D eigenvalue weighted by molar-refractivity contribution is 0.0990. The topological polar surface area (TPSA) is 60.7 Å². The van der Waals surface area contributed by atoms with Gasteiger partial charge in [-0.25, -0.2) is 0 Å². The first-order valence-electron chi connectivity index (χ1n) is 4.67. The van der Waals surface area contributed by atoms with Crippen molar-refractivity contribution in [3.05, 3.63) is 39.2 Å². The fraction of sp³-hybridized carbons (Fsp3) is 0.200. The fourth-order valence-corrected chi connectivity index (χ4v) is 2.01. The summed E-state index contributed by atoms with van der Waals surface area (Å²) in [5.74, 6) is 0.463. The van der Waals surface area contributed by atoms with Crippen molar-refractivity contribution in [2.45, 2.75) is 6.42 Å². The Morgan fingerprint density at radius 1 is 1.44 bits per heavy atom. The van der Waals surface area contributed by atoms with E-state index in [1.54, 1.807) is 13.1 Å². The van der Waals surface area contributed by atoms with E-state index in [0.717, 1.165) is 3.57 Å². The second-order valence-electron chi connectivity index (χ2n) is 3.27. The molecule has 0 aliphatic carbocycles. The molecule has 0 radical (unpaired) electrons. The summed E-state index contributed by atoms with van der Waals surface area (Å²) >= 11 is 2.14. The number of rotatable bonds is 3. The SMILES string of the molecule is Cn1nnc(CC(=O)c2ccccc2I)n1. The van der Waals surface area contributed by atoms with Crippen LogP contribution in [0, 0.1) is 3.57 Å². The number of benzene rings is 1. The van der Waals surface area contributed by atoms with Crippen LogP contribution in [0.3, 0.4) is 0 Å². The molecule has 0 bridgehead atoms. The fourth-order valence-electron chi connectivity index (χ4n) is 1.32. The summed E-state index contributed by atoms with van der Waals surface area (Å²) in [6, 6.07) is 7.46. The third-order valence-electron chi connectivity index (χ3n) is 2.04. The van der Waals surface area contributed by atoms with Crippen LogP contribution in [-0.4, -0.2) is 26.0 Å². The van der Waals surface area contributed by atoms with Crippen LogP contribution in [0.1, 0.15) is 16.2 Å². The van der Waals surface area contributed by atoms with Crippen LogP contribution in [0.15, 0.2) is 24.3 Å². The first-order valence-corrected chi connectivity index (χ1v) is 5.75. The predicted molar refractivity (Wildman–Crippen MR) is 66.0 cm³/mol. The van der Waals surface area contributed by atoms with Crippen molar-refractivity contribution in [1.82, 2.24) is 20.2 Å². The minimum atomic E-state index is 0.0120. The number of halogens is 1. The zero-order chi connectivity index (χ0) is 11.5. The van der Waals surface area contributed by atoms with Crippen molar-refractivity contribution in [3.8, 4) is 0 Å². The smallest absolute Gasteiger partial charge is 0.182 e. The van der Waals surface area contributed by atoms with Crippen LogP contribution in [0.2, 0.25) is 0 Å². The maximum atomic E-state index is 11.9. The molecule has 6 heteroatoms. The molecule has 0 N–H and O–H groups in total. The van der Waals surface area contributed by atoms with Gasteiger partial charge in [0.15, 0.2) is 11.6 Å². The van der Waals surface area contributed by atoms with Crippen molar-refractivity contribution in [2.75, 3.05) is 0 Å². The van der Waals surface area contributed by atoms with Gasteiger partial charge < -0.3 is 0 Å². The summed E-state index contributed by atoms with van der Waals surface area (Å²) in [5.41, 5.74) is 0.704. The summed E-state index contributed by atoms with van der Waals surface area (Å²) in [5, 5.41) is 11.5. The van der Waals surface area contributed by atoms with Crippen molar-refractivity contribution < 1.29 is 4.79 Å². The molecule has 2 aromatic rings. The van der Waals surface area contributed by atoms with Crippen LogP contribution in [-0.2, 0) is 13.5 Å². The van der Waals surface area contributed by atoms with Gasteiger partial charge in [0.25, 0.3) is 0 Å². The third kappa shape index (κ3) is 2.43. The summed E-state index contributed by atoms with van der Waals surface area (Å²) < 4.78 is 0.939. The molecule has 2 rings (SSSR count). The maximum absolute atomic E-state index is 11.9. The van der Waals surface area contributed by atoms with E-state index in [0.29, 0.717) is 11.4 Å². The Balaban J connectivity index is 2.18. The van der Waals surface area contributed by atoms with Crippen LogP contribution in [0.5, 0.6) is 0 Å². The molecule has 82 valence electrons. The number of carbonyl (C=O) groups is 1. The highest BCUT2D eigenvalue weighted by Gasteiger charge is 2.12. The van der Waals surface area contributed by atoms with Gasteiger partial charge in [-0.3, -0.25) is 4.79 Å². The molecule has 0 spiro atoms. The predicted octanol–water partition coefficient (Wildman–Crippen LogP) is 1.24. The van der Waals surface area contributed by atoms with Gasteiger partial charge >= 0.3 is 0 Å². The van der Waals surface area contributed by atoms with Gasteiger partial charge in [0.1, 0.15) is 0 Å². The van der Waals surface area contributed by atoms with E-state index < -0.39 is 0 Å². The lowest BCUT2D eigenvalue weighted by Gasteiger charge is -2.00. The molecule has 0 unspecified atom stereocenters. The number of ketones is 1. The summed E-state index contributed by atoms with van der Waals surface area (Å²) in [7, 11) is 1.67. The van der Waals surface area contributed by atoms with Crippen molar-refractivity contribution >= 4 is 28.4 Å². The van der Waals surface area contributed by atoms with Crippen LogP contribution in [0.25, 0.3) is 0 Å². The number of tetrazole rings is 1. The highest BCUT2D eigenvalue weighted by molar-refractivity contribution is 14.1. The Bertz CT molecular complexity index is 523. The number of hydrogen-bond acceptors (Lipinski definition) is 4. The molecule has 16 heavy (non-hydrogen) atoms. The second kappa shape index (κ2) is 4.69. The minimum absolute atomic E-state index is 0.0120. The molecular weight excluding hydrogens is 319 g/mol. The quantitative estimate of drug-likeness (QED) is 0.628. The molecule has 1 aromatic carbocycles.